The highest BCUT2D eigenvalue weighted by molar-refractivity contribution is 6.30. The highest BCUT2D eigenvalue weighted by atomic mass is 35.5. The van der Waals surface area contributed by atoms with Crippen molar-refractivity contribution >= 4 is 23.2 Å². The van der Waals surface area contributed by atoms with E-state index < -0.39 is 0 Å². The number of benzene rings is 2. The van der Waals surface area contributed by atoms with Crippen molar-refractivity contribution in [1.29, 1.82) is 0 Å². The Hall–Kier alpha value is -3.45. The minimum atomic E-state index is -0.135. The maximum absolute atomic E-state index is 12.3. The number of rotatable bonds is 6. The summed E-state index contributed by atoms with van der Waals surface area (Å²) < 4.78 is 6.96. The molecule has 0 spiro atoms. The quantitative estimate of drug-likeness (QED) is 0.532. The van der Waals surface area contributed by atoms with Gasteiger partial charge in [-0.15, -0.1) is 0 Å². The lowest BCUT2D eigenvalue weighted by molar-refractivity contribution is -0.116. The first-order chi connectivity index (χ1) is 13.7. The fourth-order valence-corrected chi connectivity index (χ4v) is 2.79. The number of carbonyl (C=O) groups excluding carboxylic acids is 1. The van der Waals surface area contributed by atoms with Crippen LogP contribution in [0.4, 0.5) is 5.69 Å². The third kappa shape index (κ3) is 4.27. The summed E-state index contributed by atoms with van der Waals surface area (Å²) in [4.78, 5) is 16.6. The van der Waals surface area contributed by atoms with Gasteiger partial charge in [-0.3, -0.25) is 4.79 Å². The van der Waals surface area contributed by atoms with Gasteiger partial charge < -0.3 is 9.84 Å². The molecule has 4 aromatic rings. The van der Waals surface area contributed by atoms with Crippen LogP contribution >= 0.6 is 11.6 Å². The van der Waals surface area contributed by atoms with Crippen molar-refractivity contribution in [1.82, 2.24) is 19.9 Å². The number of carbonyl (C=O) groups is 1. The molecule has 0 saturated heterocycles. The van der Waals surface area contributed by atoms with E-state index in [2.05, 4.69) is 20.6 Å². The topological polar surface area (TPSA) is 85.8 Å². The summed E-state index contributed by atoms with van der Waals surface area (Å²) >= 11 is 5.88. The highest BCUT2D eigenvalue weighted by Gasteiger charge is 2.11. The van der Waals surface area contributed by atoms with Gasteiger partial charge in [0, 0.05) is 41.5 Å². The SMILES string of the molecule is O=C(CCc1nc(-c2ccc(Cl)cc2)no1)Nc1cccc(-n2cccn2)c1. The predicted molar refractivity (Wildman–Crippen MR) is 105 cm³/mol. The number of halogens is 1. The van der Waals surface area contributed by atoms with Gasteiger partial charge in [0.25, 0.3) is 0 Å². The van der Waals surface area contributed by atoms with Crippen LogP contribution in [0, 0.1) is 0 Å². The molecule has 0 aliphatic rings. The van der Waals surface area contributed by atoms with Gasteiger partial charge in [-0.05, 0) is 48.5 Å². The number of anilines is 1. The van der Waals surface area contributed by atoms with Gasteiger partial charge in [0.05, 0.1) is 5.69 Å². The summed E-state index contributed by atoms with van der Waals surface area (Å²) in [6, 6.07) is 16.5. The molecule has 0 radical (unpaired) electrons. The first-order valence-corrected chi connectivity index (χ1v) is 9.04. The Morgan fingerprint density at radius 2 is 2.00 bits per heavy atom. The molecule has 0 saturated carbocycles. The zero-order valence-corrected chi connectivity index (χ0v) is 15.5. The fourth-order valence-electron chi connectivity index (χ4n) is 2.66. The van der Waals surface area contributed by atoms with Crippen molar-refractivity contribution < 1.29 is 9.32 Å². The maximum atomic E-state index is 12.3. The van der Waals surface area contributed by atoms with Crippen LogP contribution in [-0.2, 0) is 11.2 Å². The summed E-state index contributed by atoms with van der Waals surface area (Å²) in [6.45, 7) is 0. The van der Waals surface area contributed by atoms with Crippen molar-refractivity contribution in [2.75, 3.05) is 5.32 Å². The average molecular weight is 394 g/mol. The third-order valence-electron chi connectivity index (χ3n) is 4.04. The first-order valence-electron chi connectivity index (χ1n) is 8.66. The van der Waals surface area contributed by atoms with Crippen molar-refractivity contribution in [3.05, 3.63) is 77.9 Å². The molecule has 0 aliphatic heterocycles. The summed E-state index contributed by atoms with van der Waals surface area (Å²) in [5.41, 5.74) is 2.37. The molecule has 2 heterocycles. The number of hydrogen-bond donors (Lipinski definition) is 1. The molecule has 0 atom stereocenters. The maximum Gasteiger partial charge on any atom is 0.227 e. The van der Waals surface area contributed by atoms with Crippen LogP contribution in [0.1, 0.15) is 12.3 Å². The summed E-state index contributed by atoms with van der Waals surface area (Å²) in [5.74, 6) is 0.744. The Bertz CT molecular complexity index is 1070. The molecule has 28 heavy (non-hydrogen) atoms. The largest absolute Gasteiger partial charge is 0.339 e. The number of nitrogens with zero attached hydrogens (tertiary/aromatic N) is 4. The molecule has 0 bridgehead atoms. The van der Waals surface area contributed by atoms with E-state index in [1.807, 2.05) is 48.7 Å². The van der Waals surface area contributed by atoms with Crippen LogP contribution in [0.2, 0.25) is 5.02 Å². The lowest BCUT2D eigenvalue weighted by atomic mass is 10.2. The van der Waals surface area contributed by atoms with E-state index in [0.717, 1.165) is 11.3 Å². The second-order valence-corrected chi connectivity index (χ2v) is 6.50. The van der Waals surface area contributed by atoms with Gasteiger partial charge >= 0.3 is 0 Å². The van der Waals surface area contributed by atoms with Gasteiger partial charge in [0.1, 0.15) is 0 Å². The Morgan fingerprint density at radius 3 is 2.79 bits per heavy atom. The Morgan fingerprint density at radius 1 is 1.14 bits per heavy atom. The standard InChI is InChI=1S/C20H16ClN5O2/c21-15-7-5-14(6-8-15)20-24-19(28-25-20)10-9-18(27)23-16-3-1-4-17(13-16)26-12-2-11-22-26/h1-8,11-13H,9-10H2,(H,23,27). The highest BCUT2D eigenvalue weighted by Crippen LogP contribution is 2.19. The van der Waals surface area contributed by atoms with Crippen molar-refractivity contribution in [3.8, 4) is 17.1 Å². The zero-order chi connectivity index (χ0) is 19.3. The van der Waals surface area contributed by atoms with Gasteiger partial charge in [0.2, 0.25) is 17.6 Å². The second-order valence-electron chi connectivity index (χ2n) is 6.07. The molecule has 7 nitrogen and oxygen atoms in total. The number of aromatic nitrogens is 4. The van der Waals surface area contributed by atoms with Crippen LogP contribution in [0.3, 0.4) is 0 Å². The molecule has 4 rings (SSSR count). The summed E-state index contributed by atoms with van der Waals surface area (Å²) in [6.07, 6.45) is 4.13. The number of aryl methyl sites for hydroxylation is 1. The van der Waals surface area contributed by atoms with Crippen LogP contribution < -0.4 is 5.32 Å². The lowest BCUT2D eigenvalue weighted by Crippen LogP contribution is -2.12. The van der Waals surface area contributed by atoms with Gasteiger partial charge in [-0.25, -0.2) is 4.68 Å². The van der Waals surface area contributed by atoms with Crippen LogP contribution in [-0.4, -0.2) is 25.8 Å². The van der Waals surface area contributed by atoms with Crippen LogP contribution in [0.15, 0.2) is 71.5 Å². The Kier molecular flexibility index (Phi) is 5.16. The van der Waals surface area contributed by atoms with Crippen molar-refractivity contribution in [2.45, 2.75) is 12.8 Å². The molecule has 8 heteroatoms. The van der Waals surface area contributed by atoms with E-state index in [-0.39, 0.29) is 12.3 Å². The molecule has 1 amide bonds. The van der Waals surface area contributed by atoms with E-state index in [9.17, 15) is 4.79 Å². The number of hydrogen-bond acceptors (Lipinski definition) is 5. The summed E-state index contributed by atoms with van der Waals surface area (Å²) in [7, 11) is 0. The molecule has 0 aliphatic carbocycles. The molecule has 2 aromatic carbocycles. The predicted octanol–water partition coefficient (Wildman–Crippen LogP) is 4.15. The first kappa shape index (κ1) is 17.9. The van der Waals surface area contributed by atoms with Gasteiger partial charge in [-0.1, -0.05) is 22.8 Å². The molecule has 140 valence electrons. The second kappa shape index (κ2) is 8.06. The molecule has 2 aromatic heterocycles. The molecular weight excluding hydrogens is 378 g/mol. The monoisotopic (exact) mass is 393 g/mol. The van der Waals surface area contributed by atoms with Crippen LogP contribution in [0.25, 0.3) is 17.1 Å². The Labute approximate surface area is 166 Å². The van der Waals surface area contributed by atoms with E-state index in [1.54, 1.807) is 23.0 Å². The van der Waals surface area contributed by atoms with Gasteiger partial charge in [-0.2, -0.15) is 10.1 Å². The van der Waals surface area contributed by atoms with E-state index in [0.29, 0.717) is 28.8 Å². The van der Waals surface area contributed by atoms with Gasteiger partial charge in [0.15, 0.2) is 0 Å². The number of nitrogens with one attached hydrogen (secondary N) is 1. The smallest absolute Gasteiger partial charge is 0.227 e. The molecule has 1 N–H and O–H groups in total. The van der Waals surface area contributed by atoms with E-state index in [1.165, 1.54) is 0 Å². The van der Waals surface area contributed by atoms with Crippen molar-refractivity contribution in [2.24, 2.45) is 0 Å². The number of amides is 1. The summed E-state index contributed by atoms with van der Waals surface area (Å²) in [5, 5.41) is 11.6. The zero-order valence-electron chi connectivity index (χ0n) is 14.7. The lowest BCUT2D eigenvalue weighted by Gasteiger charge is -2.07. The third-order valence-corrected chi connectivity index (χ3v) is 4.29. The normalized spacial score (nSPS) is 10.8. The fraction of sp³-hybridized carbons (Fsp3) is 0.100. The molecular formula is C20H16ClN5O2. The molecule has 0 fully saturated rings. The van der Waals surface area contributed by atoms with E-state index in [4.69, 9.17) is 16.1 Å². The van der Waals surface area contributed by atoms with E-state index >= 15 is 0 Å². The Balaban J connectivity index is 1.35. The average Bonchev–Trinajstić information content (AvgIpc) is 3.40. The molecule has 0 unspecified atom stereocenters. The van der Waals surface area contributed by atoms with Crippen LogP contribution in [0.5, 0.6) is 0 Å². The minimum absolute atomic E-state index is 0.135. The van der Waals surface area contributed by atoms with Crippen molar-refractivity contribution in [3.63, 3.8) is 0 Å². The minimum Gasteiger partial charge on any atom is -0.339 e.